The average molecular weight is 209 g/mol. The maximum Gasteiger partial charge on any atom is 0.146 e. The highest BCUT2D eigenvalue weighted by atomic mass is 19.1. The van der Waals surface area contributed by atoms with Gasteiger partial charge >= 0.3 is 0 Å². The highest BCUT2D eigenvalue weighted by Crippen LogP contribution is 2.24. The van der Waals surface area contributed by atoms with E-state index in [1.807, 2.05) is 26.2 Å². The topological polar surface area (TPSA) is 3.24 Å². The molecule has 0 bridgehead atoms. The zero-order valence-corrected chi connectivity index (χ0v) is 10.3. The Bertz CT molecular complexity index is 337. The second-order valence-electron chi connectivity index (χ2n) is 5.42. The van der Waals surface area contributed by atoms with Crippen LogP contribution in [0.4, 0.5) is 10.1 Å². The molecular weight excluding hydrogens is 189 g/mol. The van der Waals surface area contributed by atoms with E-state index in [2.05, 4.69) is 20.8 Å². The molecule has 1 aromatic rings. The average Bonchev–Trinajstić information content (AvgIpc) is 1.99. The summed E-state index contributed by atoms with van der Waals surface area (Å²) in [6.45, 7) is 6.47. The molecule has 0 aliphatic heterocycles. The molecule has 0 amide bonds. The van der Waals surface area contributed by atoms with E-state index in [0.29, 0.717) is 5.69 Å². The lowest BCUT2D eigenvalue weighted by Crippen LogP contribution is -2.12. The molecule has 2 heteroatoms. The zero-order chi connectivity index (χ0) is 11.6. The van der Waals surface area contributed by atoms with Crippen LogP contribution < -0.4 is 4.90 Å². The van der Waals surface area contributed by atoms with Gasteiger partial charge in [0.1, 0.15) is 5.82 Å². The van der Waals surface area contributed by atoms with Gasteiger partial charge in [0.05, 0.1) is 5.69 Å². The van der Waals surface area contributed by atoms with Gasteiger partial charge in [-0.2, -0.15) is 0 Å². The molecule has 0 N–H and O–H groups in total. The quantitative estimate of drug-likeness (QED) is 0.720. The van der Waals surface area contributed by atoms with Crippen LogP contribution >= 0.6 is 0 Å². The van der Waals surface area contributed by atoms with Crippen LogP contribution in [0.15, 0.2) is 18.2 Å². The van der Waals surface area contributed by atoms with Gasteiger partial charge in [0.2, 0.25) is 0 Å². The van der Waals surface area contributed by atoms with Crippen LogP contribution in [-0.2, 0) is 6.42 Å². The Morgan fingerprint density at radius 3 is 2.20 bits per heavy atom. The summed E-state index contributed by atoms with van der Waals surface area (Å²) in [5, 5.41) is 0. The van der Waals surface area contributed by atoms with Crippen molar-refractivity contribution >= 4 is 5.69 Å². The molecule has 0 aliphatic rings. The molecular formula is C13H20FN. The third-order valence-electron chi connectivity index (χ3n) is 2.23. The monoisotopic (exact) mass is 209 g/mol. The van der Waals surface area contributed by atoms with Crippen LogP contribution in [0.25, 0.3) is 0 Å². The van der Waals surface area contributed by atoms with E-state index < -0.39 is 0 Å². The van der Waals surface area contributed by atoms with Gasteiger partial charge in [-0.3, -0.25) is 0 Å². The molecule has 0 aromatic heterocycles. The molecule has 0 radical (unpaired) electrons. The van der Waals surface area contributed by atoms with E-state index in [4.69, 9.17) is 0 Å². The normalized spacial score (nSPS) is 11.6. The first-order chi connectivity index (χ1) is 6.79. The van der Waals surface area contributed by atoms with Crippen molar-refractivity contribution < 1.29 is 4.39 Å². The Hall–Kier alpha value is -1.05. The number of hydrogen-bond donors (Lipinski definition) is 0. The molecule has 1 aromatic carbocycles. The fourth-order valence-corrected chi connectivity index (χ4v) is 1.64. The Labute approximate surface area is 91.9 Å². The van der Waals surface area contributed by atoms with Gasteiger partial charge in [-0.05, 0) is 29.5 Å². The minimum Gasteiger partial charge on any atom is -0.375 e. The molecule has 1 nitrogen and oxygen atoms in total. The van der Waals surface area contributed by atoms with E-state index in [1.54, 1.807) is 11.0 Å². The number of rotatable bonds is 2. The van der Waals surface area contributed by atoms with Gasteiger partial charge in [-0.25, -0.2) is 4.39 Å². The summed E-state index contributed by atoms with van der Waals surface area (Å²) in [6, 6.07) is 5.49. The van der Waals surface area contributed by atoms with Crippen LogP contribution in [-0.4, -0.2) is 14.1 Å². The summed E-state index contributed by atoms with van der Waals surface area (Å²) >= 11 is 0. The van der Waals surface area contributed by atoms with Crippen molar-refractivity contribution in [1.82, 2.24) is 0 Å². The Morgan fingerprint density at radius 2 is 1.80 bits per heavy atom. The lowest BCUT2D eigenvalue weighted by molar-refractivity contribution is 0.410. The van der Waals surface area contributed by atoms with Crippen molar-refractivity contribution in [3.8, 4) is 0 Å². The third-order valence-corrected chi connectivity index (χ3v) is 2.23. The zero-order valence-electron chi connectivity index (χ0n) is 10.3. The molecule has 84 valence electrons. The summed E-state index contributed by atoms with van der Waals surface area (Å²) in [6.07, 6.45) is 0.900. The predicted molar refractivity (Wildman–Crippen MR) is 63.9 cm³/mol. The van der Waals surface area contributed by atoms with E-state index in [1.165, 1.54) is 0 Å². The number of nitrogens with zero attached hydrogens (tertiary/aromatic N) is 1. The fourth-order valence-electron chi connectivity index (χ4n) is 1.64. The van der Waals surface area contributed by atoms with Gasteiger partial charge in [0.25, 0.3) is 0 Å². The Kier molecular flexibility index (Phi) is 3.38. The molecule has 15 heavy (non-hydrogen) atoms. The van der Waals surface area contributed by atoms with Gasteiger partial charge in [0, 0.05) is 14.1 Å². The maximum atomic E-state index is 13.6. The Morgan fingerprint density at radius 1 is 1.20 bits per heavy atom. The van der Waals surface area contributed by atoms with Crippen molar-refractivity contribution in [1.29, 1.82) is 0 Å². The minimum atomic E-state index is -0.137. The van der Waals surface area contributed by atoms with Gasteiger partial charge in [-0.1, -0.05) is 26.8 Å². The largest absolute Gasteiger partial charge is 0.375 e. The number of hydrogen-bond acceptors (Lipinski definition) is 1. The second-order valence-corrected chi connectivity index (χ2v) is 5.42. The van der Waals surface area contributed by atoms with Crippen molar-refractivity contribution in [2.75, 3.05) is 19.0 Å². The molecule has 0 saturated carbocycles. The van der Waals surface area contributed by atoms with Crippen molar-refractivity contribution in [3.05, 3.63) is 29.6 Å². The van der Waals surface area contributed by atoms with Crippen molar-refractivity contribution in [2.24, 2.45) is 5.41 Å². The predicted octanol–water partition coefficient (Wildman–Crippen LogP) is 3.48. The summed E-state index contributed by atoms with van der Waals surface area (Å²) in [5.41, 5.74) is 1.91. The van der Waals surface area contributed by atoms with Crippen LogP contribution in [0.3, 0.4) is 0 Å². The molecule has 0 fully saturated rings. The van der Waals surface area contributed by atoms with Crippen LogP contribution in [0.5, 0.6) is 0 Å². The summed E-state index contributed by atoms with van der Waals surface area (Å²) < 4.78 is 13.6. The first-order valence-electron chi connectivity index (χ1n) is 5.25. The molecule has 0 spiro atoms. The smallest absolute Gasteiger partial charge is 0.146 e. The third kappa shape index (κ3) is 3.54. The number of benzene rings is 1. The lowest BCUT2D eigenvalue weighted by Gasteiger charge is -2.19. The minimum absolute atomic E-state index is 0.137. The van der Waals surface area contributed by atoms with Crippen molar-refractivity contribution in [2.45, 2.75) is 27.2 Å². The maximum absolute atomic E-state index is 13.6. The Balaban J connectivity index is 2.92. The van der Waals surface area contributed by atoms with E-state index >= 15 is 0 Å². The first-order valence-corrected chi connectivity index (χ1v) is 5.25. The van der Waals surface area contributed by atoms with Gasteiger partial charge in [0.15, 0.2) is 0 Å². The standard InChI is InChI=1S/C13H20FN/c1-13(2,3)9-10-6-7-12(15(4)5)11(14)8-10/h6-8H,9H2,1-5H3. The first kappa shape index (κ1) is 12.0. The highest BCUT2D eigenvalue weighted by Gasteiger charge is 2.13. The summed E-state index contributed by atoms with van der Waals surface area (Å²) in [5.74, 6) is -0.137. The molecule has 0 saturated heterocycles. The van der Waals surface area contributed by atoms with E-state index in [0.717, 1.165) is 12.0 Å². The molecule has 0 heterocycles. The van der Waals surface area contributed by atoms with Crippen LogP contribution in [0.1, 0.15) is 26.3 Å². The molecule has 0 unspecified atom stereocenters. The van der Waals surface area contributed by atoms with Gasteiger partial charge < -0.3 is 4.90 Å². The highest BCUT2D eigenvalue weighted by molar-refractivity contribution is 5.47. The molecule has 1 rings (SSSR count). The van der Waals surface area contributed by atoms with Crippen molar-refractivity contribution in [3.63, 3.8) is 0 Å². The number of anilines is 1. The summed E-state index contributed by atoms with van der Waals surface area (Å²) in [7, 11) is 3.70. The molecule has 0 atom stereocenters. The SMILES string of the molecule is CN(C)c1ccc(CC(C)(C)C)cc1F. The number of halogens is 1. The van der Waals surface area contributed by atoms with Gasteiger partial charge in [-0.15, -0.1) is 0 Å². The van der Waals surface area contributed by atoms with E-state index in [-0.39, 0.29) is 11.2 Å². The lowest BCUT2D eigenvalue weighted by atomic mass is 9.88. The summed E-state index contributed by atoms with van der Waals surface area (Å²) in [4.78, 5) is 1.79. The van der Waals surface area contributed by atoms with Crippen LogP contribution in [0.2, 0.25) is 0 Å². The second kappa shape index (κ2) is 4.21. The molecule has 0 aliphatic carbocycles. The van der Waals surface area contributed by atoms with E-state index in [9.17, 15) is 4.39 Å². The van der Waals surface area contributed by atoms with Crippen LogP contribution in [0, 0.1) is 11.2 Å². The fraction of sp³-hybridized carbons (Fsp3) is 0.538.